The second kappa shape index (κ2) is 10.2. The number of nitrogens with one attached hydrogen (secondary N) is 2. The minimum atomic E-state index is -0.891. The minimum Gasteiger partial charge on any atom is -0.383 e. The number of rotatable bonds is 7. The number of allylic oxidation sites excluding steroid dienone is 2. The number of imidazole rings is 1. The maximum atomic E-state index is 13.9. The average molecular weight is 448 g/mol. The van der Waals surface area contributed by atoms with Crippen molar-refractivity contribution in [2.75, 3.05) is 38.7 Å². The molecule has 1 aromatic carbocycles. The number of benzene rings is 1. The van der Waals surface area contributed by atoms with E-state index < -0.39 is 11.6 Å². The number of halogens is 2. The first-order valence-corrected chi connectivity index (χ1v) is 10.7. The number of methoxy groups -OCH3 is 1. The van der Waals surface area contributed by atoms with Crippen LogP contribution in [0.5, 0.6) is 0 Å². The standard InChI is InChI=1S/C23H31F2N5O2/c1-6-14(2)21-22(29(4)15(3)26-21)28-23(31)27-20-13-30(9-10-32-5)12-17(20)16-7-8-18(24)19(25)11-16/h6-8,11,17,20H,9-10,12-13H2,1-5H3,(H2,27,28,31). The molecular weight excluding hydrogens is 416 g/mol. The Morgan fingerprint density at radius 1 is 1.31 bits per heavy atom. The van der Waals surface area contributed by atoms with Crippen LogP contribution >= 0.6 is 0 Å². The van der Waals surface area contributed by atoms with E-state index in [0.29, 0.717) is 43.3 Å². The van der Waals surface area contributed by atoms with Gasteiger partial charge in [0.05, 0.1) is 12.6 Å². The second-order valence-corrected chi connectivity index (χ2v) is 8.12. The number of aromatic nitrogens is 2. The summed E-state index contributed by atoms with van der Waals surface area (Å²) in [5, 5.41) is 5.95. The third-order valence-corrected chi connectivity index (χ3v) is 6.05. The van der Waals surface area contributed by atoms with Crippen LogP contribution in [0.4, 0.5) is 19.4 Å². The van der Waals surface area contributed by atoms with Crippen LogP contribution in [0.15, 0.2) is 24.3 Å². The van der Waals surface area contributed by atoms with Crippen molar-refractivity contribution in [1.29, 1.82) is 0 Å². The summed E-state index contributed by atoms with van der Waals surface area (Å²) < 4.78 is 34.3. The Morgan fingerprint density at radius 3 is 2.72 bits per heavy atom. The smallest absolute Gasteiger partial charge is 0.320 e. The van der Waals surface area contributed by atoms with E-state index in [2.05, 4.69) is 20.5 Å². The maximum Gasteiger partial charge on any atom is 0.320 e. The Kier molecular flexibility index (Phi) is 7.63. The monoisotopic (exact) mass is 447 g/mol. The fourth-order valence-corrected chi connectivity index (χ4v) is 3.99. The van der Waals surface area contributed by atoms with E-state index in [9.17, 15) is 13.6 Å². The number of carbonyl (C=O) groups is 1. The lowest BCUT2D eigenvalue weighted by Crippen LogP contribution is -2.42. The minimum absolute atomic E-state index is 0.183. The number of aryl methyl sites for hydroxylation is 1. The van der Waals surface area contributed by atoms with Crippen LogP contribution < -0.4 is 10.6 Å². The van der Waals surface area contributed by atoms with Gasteiger partial charge in [-0.05, 0) is 44.0 Å². The highest BCUT2D eigenvalue weighted by molar-refractivity contribution is 5.91. The molecule has 1 aliphatic rings. The molecule has 0 radical (unpaired) electrons. The summed E-state index contributed by atoms with van der Waals surface area (Å²) in [7, 11) is 3.48. The molecule has 0 saturated carbocycles. The Labute approximate surface area is 187 Å². The van der Waals surface area contributed by atoms with E-state index in [0.717, 1.165) is 17.5 Å². The van der Waals surface area contributed by atoms with Gasteiger partial charge in [0.2, 0.25) is 0 Å². The zero-order valence-corrected chi connectivity index (χ0v) is 19.2. The fraction of sp³-hybridized carbons (Fsp3) is 0.478. The number of carbonyl (C=O) groups excluding carboxylic acids is 1. The van der Waals surface area contributed by atoms with Crippen molar-refractivity contribution in [2.45, 2.75) is 32.7 Å². The van der Waals surface area contributed by atoms with Gasteiger partial charge in [0.15, 0.2) is 11.6 Å². The third-order valence-electron chi connectivity index (χ3n) is 6.05. The van der Waals surface area contributed by atoms with Gasteiger partial charge >= 0.3 is 6.03 Å². The number of anilines is 1. The Hall–Kier alpha value is -2.78. The highest BCUT2D eigenvalue weighted by atomic mass is 19.2. The van der Waals surface area contributed by atoms with Crippen LogP contribution in [0, 0.1) is 18.6 Å². The summed E-state index contributed by atoms with van der Waals surface area (Å²) in [5.74, 6) is -0.573. The Morgan fingerprint density at radius 2 is 2.06 bits per heavy atom. The van der Waals surface area contributed by atoms with Gasteiger partial charge in [-0.1, -0.05) is 12.1 Å². The summed E-state index contributed by atoms with van der Waals surface area (Å²) >= 11 is 0. The molecule has 32 heavy (non-hydrogen) atoms. The topological polar surface area (TPSA) is 71.4 Å². The molecule has 2 amide bonds. The van der Waals surface area contributed by atoms with Gasteiger partial charge in [-0.15, -0.1) is 0 Å². The molecule has 2 atom stereocenters. The van der Waals surface area contributed by atoms with Gasteiger partial charge in [-0.3, -0.25) is 10.2 Å². The summed E-state index contributed by atoms with van der Waals surface area (Å²) in [6.07, 6.45) is 1.94. The predicted molar refractivity (Wildman–Crippen MR) is 121 cm³/mol. The number of likely N-dealkylation sites (tertiary alicyclic amines) is 1. The molecule has 2 unspecified atom stereocenters. The molecule has 0 spiro atoms. The average Bonchev–Trinajstić information content (AvgIpc) is 3.29. The van der Waals surface area contributed by atoms with Gasteiger partial charge in [-0.25, -0.2) is 18.6 Å². The summed E-state index contributed by atoms with van der Waals surface area (Å²) in [5.41, 5.74) is 2.32. The molecular formula is C23H31F2N5O2. The van der Waals surface area contributed by atoms with Crippen molar-refractivity contribution in [3.63, 3.8) is 0 Å². The number of urea groups is 1. The molecule has 9 heteroatoms. The third kappa shape index (κ3) is 5.16. The van der Waals surface area contributed by atoms with E-state index in [-0.39, 0.29) is 18.0 Å². The summed E-state index contributed by atoms with van der Waals surface area (Å²) in [6, 6.07) is 3.27. The lowest BCUT2D eigenvalue weighted by Gasteiger charge is -2.21. The van der Waals surface area contributed by atoms with Crippen LogP contribution in [0.25, 0.3) is 5.57 Å². The Balaban J connectivity index is 1.80. The zero-order chi connectivity index (χ0) is 23.4. The second-order valence-electron chi connectivity index (χ2n) is 8.12. The molecule has 1 fully saturated rings. The van der Waals surface area contributed by atoms with E-state index in [1.165, 1.54) is 6.07 Å². The lowest BCUT2D eigenvalue weighted by atomic mass is 9.94. The largest absolute Gasteiger partial charge is 0.383 e. The molecule has 1 aromatic heterocycles. The molecule has 0 aliphatic carbocycles. The fourth-order valence-electron chi connectivity index (χ4n) is 3.99. The molecule has 2 aromatic rings. The highest BCUT2D eigenvalue weighted by Crippen LogP contribution is 2.29. The molecule has 1 aliphatic heterocycles. The maximum absolute atomic E-state index is 13.9. The van der Waals surface area contributed by atoms with E-state index in [1.54, 1.807) is 13.2 Å². The first kappa shape index (κ1) is 23.9. The van der Waals surface area contributed by atoms with Crippen LogP contribution in [-0.2, 0) is 11.8 Å². The number of amides is 2. The molecule has 0 bridgehead atoms. The number of nitrogens with zero attached hydrogens (tertiary/aromatic N) is 3. The quantitative estimate of drug-likeness (QED) is 0.680. The van der Waals surface area contributed by atoms with E-state index in [1.807, 2.05) is 38.5 Å². The van der Waals surface area contributed by atoms with Gasteiger partial charge in [0.25, 0.3) is 0 Å². The highest BCUT2D eigenvalue weighted by Gasteiger charge is 2.35. The van der Waals surface area contributed by atoms with Gasteiger partial charge in [0.1, 0.15) is 17.3 Å². The van der Waals surface area contributed by atoms with E-state index in [4.69, 9.17) is 4.74 Å². The summed E-state index contributed by atoms with van der Waals surface area (Å²) in [6.45, 7) is 8.14. The van der Waals surface area contributed by atoms with Crippen LogP contribution in [0.2, 0.25) is 0 Å². The van der Waals surface area contributed by atoms with Crippen molar-refractivity contribution in [2.24, 2.45) is 7.05 Å². The summed E-state index contributed by atoms with van der Waals surface area (Å²) in [4.78, 5) is 19.6. The molecule has 7 nitrogen and oxygen atoms in total. The normalized spacial score (nSPS) is 19.4. The van der Waals surface area contributed by atoms with Crippen molar-refractivity contribution < 1.29 is 18.3 Å². The first-order valence-electron chi connectivity index (χ1n) is 10.7. The molecule has 1 saturated heterocycles. The number of hydrogen-bond donors (Lipinski definition) is 2. The van der Waals surface area contributed by atoms with Crippen LogP contribution in [-0.4, -0.2) is 59.9 Å². The van der Waals surface area contributed by atoms with Gasteiger partial charge < -0.3 is 14.6 Å². The van der Waals surface area contributed by atoms with Gasteiger partial charge in [0, 0.05) is 39.7 Å². The number of ether oxygens (including phenoxy) is 1. The molecule has 2 N–H and O–H groups in total. The zero-order valence-electron chi connectivity index (χ0n) is 19.2. The van der Waals surface area contributed by atoms with Crippen molar-refractivity contribution in [3.05, 3.63) is 53.0 Å². The molecule has 174 valence electrons. The predicted octanol–water partition coefficient (Wildman–Crippen LogP) is 3.67. The molecule has 3 rings (SSSR count). The van der Waals surface area contributed by atoms with Gasteiger partial charge in [-0.2, -0.15) is 0 Å². The van der Waals surface area contributed by atoms with Crippen LogP contribution in [0.1, 0.15) is 36.8 Å². The molecule has 2 heterocycles. The first-order chi connectivity index (χ1) is 15.2. The van der Waals surface area contributed by atoms with Crippen molar-refractivity contribution >= 4 is 17.4 Å². The number of hydrogen-bond acceptors (Lipinski definition) is 4. The SMILES string of the molecule is CC=C(C)c1nc(C)n(C)c1NC(=O)NC1CN(CCOC)CC1c1ccc(F)c(F)c1. The van der Waals surface area contributed by atoms with Crippen molar-refractivity contribution in [1.82, 2.24) is 19.8 Å². The van der Waals surface area contributed by atoms with Crippen molar-refractivity contribution in [3.8, 4) is 0 Å². The van der Waals surface area contributed by atoms with Crippen LogP contribution in [0.3, 0.4) is 0 Å². The van der Waals surface area contributed by atoms with E-state index >= 15 is 0 Å². The lowest BCUT2D eigenvalue weighted by molar-refractivity contribution is 0.159. The Bertz CT molecular complexity index is 1000.